The number of nitro groups is 1. The van der Waals surface area contributed by atoms with Crippen LogP contribution in [0.5, 0.6) is 5.75 Å². The van der Waals surface area contributed by atoms with E-state index >= 15 is 0 Å². The zero-order chi connectivity index (χ0) is 17.1. The number of carbonyl (C=O) groups is 1. The molecule has 3 rings (SSSR count). The van der Waals surface area contributed by atoms with Crippen LogP contribution in [0.3, 0.4) is 0 Å². The lowest BCUT2D eigenvalue weighted by molar-refractivity contribution is -0.430. The van der Waals surface area contributed by atoms with E-state index < -0.39 is 17.0 Å². The summed E-state index contributed by atoms with van der Waals surface area (Å²) in [6.07, 6.45) is 0. The highest BCUT2D eigenvalue weighted by atomic mass is 16.6. The summed E-state index contributed by atoms with van der Waals surface area (Å²) in [5, 5.41) is 16.8. The van der Waals surface area contributed by atoms with Gasteiger partial charge in [0.25, 0.3) is 5.70 Å². The van der Waals surface area contributed by atoms with E-state index in [1.807, 2.05) is 0 Å². The second-order valence-electron chi connectivity index (χ2n) is 5.19. The van der Waals surface area contributed by atoms with Gasteiger partial charge in [-0.15, -0.1) is 0 Å². The van der Waals surface area contributed by atoms with Gasteiger partial charge in [0.15, 0.2) is 0 Å². The maximum atomic E-state index is 12.0. The van der Waals surface area contributed by atoms with E-state index in [2.05, 4.69) is 10.6 Å². The van der Waals surface area contributed by atoms with Gasteiger partial charge in [-0.25, -0.2) is 4.79 Å². The highest BCUT2D eigenvalue weighted by molar-refractivity contribution is 5.89. The van der Waals surface area contributed by atoms with Crippen LogP contribution in [0.4, 0.5) is 4.79 Å². The Morgan fingerprint density at radius 3 is 2.33 bits per heavy atom. The Morgan fingerprint density at radius 1 is 1.08 bits per heavy atom. The molecule has 2 aromatic carbocycles. The Bertz CT molecular complexity index is 800. The van der Waals surface area contributed by atoms with E-state index in [-0.39, 0.29) is 11.4 Å². The molecule has 0 spiro atoms. The van der Waals surface area contributed by atoms with Crippen molar-refractivity contribution in [3.05, 3.63) is 81.5 Å². The minimum Gasteiger partial charge on any atom is -0.497 e. The largest absolute Gasteiger partial charge is 0.497 e. The zero-order valence-corrected chi connectivity index (χ0v) is 12.9. The van der Waals surface area contributed by atoms with Crippen molar-refractivity contribution in [2.24, 2.45) is 0 Å². The molecule has 0 radical (unpaired) electrons. The van der Waals surface area contributed by atoms with E-state index in [0.717, 1.165) is 0 Å². The molecule has 1 aliphatic heterocycles. The first-order valence-corrected chi connectivity index (χ1v) is 7.25. The average Bonchev–Trinajstić information content (AvgIpc) is 2.61. The monoisotopic (exact) mass is 325 g/mol. The molecule has 24 heavy (non-hydrogen) atoms. The lowest BCUT2D eigenvalue weighted by Crippen LogP contribution is -2.45. The molecular formula is C17H15N3O4. The van der Waals surface area contributed by atoms with Gasteiger partial charge in [0, 0.05) is 5.56 Å². The van der Waals surface area contributed by atoms with Gasteiger partial charge in [-0.3, -0.25) is 10.1 Å². The van der Waals surface area contributed by atoms with Crippen molar-refractivity contribution in [2.75, 3.05) is 7.11 Å². The molecule has 1 atom stereocenters. The third kappa shape index (κ3) is 2.91. The standard InChI is InChI=1S/C17H15N3O4/c1-24-13-9-7-12(8-10-13)15-16(20(22)23)14(18-17(21)19-15)11-5-3-2-4-6-11/h2-10,15H,1H3,(H2,18,19,21). The number of nitrogens with one attached hydrogen (secondary N) is 2. The summed E-state index contributed by atoms with van der Waals surface area (Å²) < 4.78 is 5.10. The van der Waals surface area contributed by atoms with Crippen LogP contribution in [0.2, 0.25) is 0 Å². The topological polar surface area (TPSA) is 93.5 Å². The van der Waals surface area contributed by atoms with Crippen LogP contribution < -0.4 is 15.4 Å². The average molecular weight is 325 g/mol. The molecule has 1 aliphatic rings. The summed E-state index contributed by atoms with van der Waals surface area (Å²) in [5.41, 5.74) is 1.28. The van der Waals surface area contributed by atoms with Crippen LogP contribution in [-0.4, -0.2) is 18.1 Å². The molecule has 2 N–H and O–H groups in total. The molecule has 0 saturated heterocycles. The van der Waals surface area contributed by atoms with Crippen molar-refractivity contribution in [1.29, 1.82) is 0 Å². The van der Waals surface area contributed by atoms with Gasteiger partial charge in [0.2, 0.25) is 0 Å². The number of hydrogen-bond acceptors (Lipinski definition) is 4. The summed E-state index contributed by atoms with van der Waals surface area (Å²) in [4.78, 5) is 23.2. The molecule has 1 unspecified atom stereocenters. The van der Waals surface area contributed by atoms with Gasteiger partial charge in [-0.2, -0.15) is 0 Å². The molecule has 7 heteroatoms. The third-order valence-corrected chi connectivity index (χ3v) is 3.75. The number of amides is 2. The fourth-order valence-corrected chi connectivity index (χ4v) is 2.62. The fourth-order valence-electron chi connectivity index (χ4n) is 2.62. The molecule has 122 valence electrons. The minimum atomic E-state index is -0.852. The van der Waals surface area contributed by atoms with Crippen LogP contribution in [-0.2, 0) is 0 Å². The van der Waals surface area contributed by atoms with E-state index in [9.17, 15) is 14.9 Å². The normalized spacial score (nSPS) is 17.0. The van der Waals surface area contributed by atoms with Crippen LogP contribution in [0.15, 0.2) is 60.3 Å². The Hall–Kier alpha value is -3.35. The van der Waals surface area contributed by atoms with Crippen molar-refractivity contribution >= 4 is 11.7 Å². The first kappa shape index (κ1) is 15.5. The van der Waals surface area contributed by atoms with Crippen molar-refractivity contribution in [3.8, 4) is 5.75 Å². The molecule has 0 aromatic heterocycles. The smallest absolute Gasteiger partial charge is 0.320 e. The first-order chi connectivity index (χ1) is 11.6. The second-order valence-corrected chi connectivity index (χ2v) is 5.19. The highest BCUT2D eigenvalue weighted by Crippen LogP contribution is 2.31. The van der Waals surface area contributed by atoms with Gasteiger partial charge in [0.05, 0.1) is 12.0 Å². The Kier molecular flexibility index (Phi) is 4.15. The number of rotatable bonds is 4. The molecule has 0 bridgehead atoms. The van der Waals surface area contributed by atoms with Gasteiger partial charge in [0.1, 0.15) is 17.5 Å². The van der Waals surface area contributed by atoms with Gasteiger partial charge in [-0.05, 0) is 17.7 Å². The van der Waals surface area contributed by atoms with Crippen LogP contribution in [0.25, 0.3) is 5.70 Å². The van der Waals surface area contributed by atoms with Crippen LogP contribution in [0, 0.1) is 10.1 Å². The number of urea groups is 1. The van der Waals surface area contributed by atoms with E-state index in [1.54, 1.807) is 54.6 Å². The van der Waals surface area contributed by atoms with Crippen molar-refractivity contribution < 1.29 is 14.5 Å². The summed E-state index contributed by atoms with van der Waals surface area (Å²) in [7, 11) is 1.54. The maximum absolute atomic E-state index is 12.0. The fraction of sp³-hybridized carbons (Fsp3) is 0.118. The van der Waals surface area contributed by atoms with E-state index in [0.29, 0.717) is 16.9 Å². The van der Waals surface area contributed by atoms with Gasteiger partial charge in [-0.1, -0.05) is 42.5 Å². The summed E-state index contributed by atoms with van der Waals surface area (Å²) >= 11 is 0. The lowest BCUT2D eigenvalue weighted by atomic mass is 9.98. The van der Waals surface area contributed by atoms with E-state index in [4.69, 9.17) is 4.74 Å². The predicted octanol–water partition coefficient (Wildman–Crippen LogP) is 2.69. The molecule has 0 saturated carbocycles. The zero-order valence-electron chi connectivity index (χ0n) is 12.9. The Morgan fingerprint density at radius 2 is 1.75 bits per heavy atom. The van der Waals surface area contributed by atoms with E-state index in [1.165, 1.54) is 7.11 Å². The SMILES string of the molecule is COc1ccc(C2NC(=O)NC(c3ccccc3)=C2[N+](=O)[O-])cc1. The number of nitrogens with zero attached hydrogens (tertiary/aromatic N) is 1. The Balaban J connectivity index is 2.12. The van der Waals surface area contributed by atoms with Crippen molar-refractivity contribution in [2.45, 2.75) is 6.04 Å². The van der Waals surface area contributed by atoms with Crippen molar-refractivity contribution in [1.82, 2.24) is 10.6 Å². The number of hydrogen-bond donors (Lipinski definition) is 2. The van der Waals surface area contributed by atoms with Crippen molar-refractivity contribution in [3.63, 3.8) is 0 Å². The lowest BCUT2D eigenvalue weighted by Gasteiger charge is -2.25. The number of methoxy groups -OCH3 is 1. The molecule has 2 amide bonds. The summed E-state index contributed by atoms with van der Waals surface area (Å²) in [5.74, 6) is 0.633. The maximum Gasteiger partial charge on any atom is 0.320 e. The van der Waals surface area contributed by atoms with Crippen LogP contribution >= 0.6 is 0 Å². The first-order valence-electron chi connectivity index (χ1n) is 7.25. The highest BCUT2D eigenvalue weighted by Gasteiger charge is 2.37. The summed E-state index contributed by atoms with van der Waals surface area (Å²) in [6, 6.07) is 14.2. The number of benzene rings is 2. The Labute approximate surface area is 138 Å². The van der Waals surface area contributed by atoms with Crippen LogP contribution in [0.1, 0.15) is 17.2 Å². The quantitative estimate of drug-likeness (QED) is 0.667. The molecule has 1 heterocycles. The third-order valence-electron chi connectivity index (χ3n) is 3.75. The summed E-state index contributed by atoms with van der Waals surface area (Å²) in [6.45, 7) is 0. The van der Waals surface area contributed by atoms with Gasteiger partial charge >= 0.3 is 6.03 Å². The molecule has 2 aromatic rings. The number of carbonyl (C=O) groups excluding carboxylic acids is 1. The molecule has 7 nitrogen and oxygen atoms in total. The second kappa shape index (κ2) is 6.41. The van der Waals surface area contributed by atoms with Gasteiger partial charge < -0.3 is 15.4 Å². The molecule has 0 fully saturated rings. The molecular weight excluding hydrogens is 310 g/mol. The minimum absolute atomic E-state index is 0.106. The predicted molar refractivity (Wildman–Crippen MR) is 87.8 cm³/mol. The number of ether oxygens (including phenoxy) is 1. The molecule has 0 aliphatic carbocycles.